The van der Waals surface area contributed by atoms with E-state index >= 15 is 0 Å². The molecule has 2 nitrogen and oxygen atoms in total. The van der Waals surface area contributed by atoms with Gasteiger partial charge in [-0.2, -0.15) is 0 Å². The zero-order valence-electron chi connectivity index (χ0n) is 6.01. The first kappa shape index (κ1) is 9.76. The van der Waals surface area contributed by atoms with Crippen molar-refractivity contribution in [2.45, 2.75) is 38.1 Å². The maximum Gasteiger partial charge on any atom is 0.207 e. The van der Waals surface area contributed by atoms with Gasteiger partial charge >= 0.3 is 0 Å². The standard InChI is InChI=1S/C7H13NO.ClH/c9-6-8-7-4-2-1-3-5-7;/h6-7H,1-5H2,(H,8,9);1H. The van der Waals surface area contributed by atoms with Gasteiger partial charge in [-0.1, -0.05) is 19.3 Å². The van der Waals surface area contributed by atoms with Gasteiger partial charge in [0.1, 0.15) is 0 Å². The van der Waals surface area contributed by atoms with Gasteiger partial charge in [0.05, 0.1) is 0 Å². The molecule has 0 saturated heterocycles. The van der Waals surface area contributed by atoms with E-state index in [2.05, 4.69) is 5.32 Å². The fourth-order valence-electron chi connectivity index (χ4n) is 1.37. The van der Waals surface area contributed by atoms with E-state index in [1.54, 1.807) is 0 Å². The molecule has 1 amide bonds. The molecule has 0 unspecified atom stereocenters. The first-order chi connectivity index (χ1) is 4.43. The zero-order valence-corrected chi connectivity index (χ0v) is 6.82. The minimum absolute atomic E-state index is 0. The number of nitrogens with one attached hydrogen (secondary N) is 1. The maximum absolute atomic E-state index is 9.96. The van der Waals surface area contributed by atoms with Crippen LogP contribution in [0.4, 0.5) is 0 Å². The van der Waals surface area contributed by atoms with Crippen LogP contribution in [0.3, 0.4) is 0 Å². The summed E-state index contributed by atoms with van der Waals surface area (Å²) in [6.45, 7) is 0. The highest BCUT2D eigenvalue weighted by Gasteiger charge is 2.10. The van der Waals surface area contributed by atoms with Gasteiger partial charge < -0.3 is 5.32 Å². The normalized spacial score (nSPS) is 19.2. The van der Waals surface area contributed by atoms with E-state index in [-0.39, 0.29) is 12.4 Å². The first-order valence-corrected chi connectivity index (χ1v) is 3.63. The summed E-state index contributed by atoms with van der Waals surface area (Å²) in [7, 11) is 0. The summed E-state index contributed by atoms with van der Waals surface area (Å²) in [5.41, 5.74) is 0. The van der Waals surface area contributed by atoms with Crippen molar-refractivity contribution < 1.29 is 4.79 Å². The minimum Gasteiger partial charge on any atom is -0.356 e. The van der Waals surface area contributed by atoms with E-state index in [4.69, 9.17) is 0 Å². The highest BCUT2D eigenvalue weighted by atomic mass is 35.5. The Balaban J connectivity index is 0.000000810. The maximum atomic E-state index is 9.96. The third-order valence-corrected chi connectivity index (χ3v) is 1.91. The summed E-state index contributed by atoms with van der Waals surface area (Å²) in [6.07, 6.45) is 7.08. The van der Waals surface area contributed by atoms with Crippen LogP contribution in [-0.4, -0.2) is 12.5 Å². The summed E-state index contributed by atoms with van der Waals surface area (Å²) < 4.78 is 0. The van der Waals surface area contributed by atoms with E-state index < -0.39 is 0 Å². The lowest BCUT2D eigenvalue weighted by molar-refractivity contribution is -0.110. The average Bonchev–Trinajstić information content (AvgIpc) is 1.91. The molecule has 1 aliphatic rings. The summed E-state index contributed by atoms with van der Waals surface area (Å²) in [5.74, 6) is 0. The van der Waals surface area contributed by atoms with Gasteiger partial charge in [-0.05, 0) is 12.8 Å². The number of hydrogen-bond acceptors (Lipinski definition) is 1. The van der Waals surface area contributed by atoms with E-state index in [0.29, 0.717) is 6.04 Å². The Kier molecular flexibility index (Phi) is 5.40. The molecule has 0 aliphatic heterocycles. The number of rotatable bonds is 2. The molecule has 0 spiro atoms. The molecule has 0 aromatic heterocycles. The lowest BCUT2D eigenvalue weighted by Crippen LogP contribution is -2.29. The van der Waals surface area contributed by atoms with E-state index in [1.165, 1.54) is 32.1 Å². The Morgan fingerprint density at radius 2 is 1.80 bits per heavy atom. The van der Waals surface area contributed by atoms with Crippen molar-refractivity contribution in [3.05, 3.63) is 0 Å². The van der Waals surface area contributed by atoms with Crippen molar-refractivity contribution in [1.29, 1.82) is 0 Å². The van der Waals surface area contributed by atoms with Gasteiger partial charge in [-0.3, -0.25) is 4.79 Å². The Labute approximate surface area is 67.8 Å². The van der Waals surface area contributed by atoms with E-state index in [0.717, 1.165) is 6.41 Å². The van der Waals surface area contributed by atoms with Crippen molar-refractivity contribution in [3.8, 4) is 0 Å². The van der Waals surface area contributed by atoms with Crippen molar-refractivity contribution in [3.63, 3.8) is 0 Å². The molecule has 60 valence electrons. The molecule has 1 aliphatic carbocycles. The lowest BCUT2D eigenvalue weighted by atomic mass is 9.96. The molecule has 1 fully saturated rings. The number of carbonyl (C=O) groups is 1. The van der Waals surface area contributed by atoms with Crippen LogP contribution in [0.2, 0.25) is 0 Å². The third kappa shape index (κ3) is 3.06. The third-order valence-electron chi connectivity index (χ3n) is 1.91. The summed E-state index contributed by atoms with van der Waals surface area (Å²) in [5, 5.41) is 2.80. The van der Waals surface area contributed by atoms with Crippen LogP contribution in [0.25, 0.3) is 0 Å². The second-order valence-corrected chi connectivity index (χ2v) is 2.62. The molecule has 1 N–H and O–H groups in total. The topological polar surface area (TPSA) is 29.1 Å². The van der Waals surface area contributed by atoms with Crippen LogP contribution in [0, 0.1) is 0 Å². The molecule has 0 radical (unpaired) electrons. The summed E-state index contributed by atoms with van der Waals surface area (Å²) in [4.78, 5) is 9.96. The Morgan fingerprint density at radius 3 is 2.30 bits per heavy atom. The second-order valence-electron chi connectivity index (χ2n) is 2.62. The predicted octanol–water partition coefficient (Wildman–Crippen LogP) is 1.49. The summed E-state index contributed by atoms with van der Waals surface area (Å²) >= 11 is 0. The fraction of sp³-hybridized carbons (Fsp3) is 0.857. The van der Waals surface area contributed by atoms with E-state index in [1.807, 2.05) is 0 Å². The molecule has 1 rings (SSSR count). The predicted molar refractivity (Wildman–Crippen MR) is 43.3 cm³/mol. The zero-order chi connectivity index (χ0) is 6.53. The van der Waals surface area contributed by atoms with Gasteiger partial charge in [0.15, 0.2) is 0 Å². The van der Waals surface area contributed by atoms with Crippen LogP contribution in [0.1, 0.15) is 32.1 Å². The SMILES string of the molecule is Cl.O=CNC1CCCCC1. The van der Waals surface area contributed by atoms with Crippen molar-refractivity contribution >= 4 is 18.8 Å². The average molecular weight is 164 g/mol. The van der Waals surface area contributed by atoms with Crippen LogP contribution >= 0.6 is 12.4 Å². The monoisotopic (exact) mass is 163 g/mol. The molecule has 0 bridgehead atoms. The molecule has 0 heterocycles. The van der Waals surface area contributed by atoms with Gasteiger partial charge in [-0.15, -0.1) is 12.4 Å². The van der Waals surface area contributed by atoms with Gasteiger partial charge in [-0.25, -0.2) is 0 Å². The molecule has 3 heteroatoms. The van der Waals surface area contributed by atoms with Gasteiger partial charge in [0, 0.05) is 6.04 Å². The van der Waals surface area contributed by atoms with Crippen molar-refractivity contribution in [2.24, 2.45) is 0 Å². The minimum atomic E-state index is 0. The largest absolute Gasteiger partial charge is 0.356 e. The number of carbonyl (C=O) groups excluding carboxylic acids is 1. The van der Waals surface area contributed by atoms with Crippen molar-refractivity contribution in [1.82, 2.24) is 5.32 Å². The smallest absolute Gasteiger partial charge is 0.207 e. The fourth-order valence-corrected chi connectivity index (χ4v) is 1.37. The van der Waals surface area contributed by atoms with Crippen LogP contribution < -0.4 is 5.32 Å². The first-order valence-electron chi connectivity index (χ1n) is 3.63. The van der Waals surface area contributed by atoms with Crippen LogP contribution in [0.15, 0.2) is 0 Å². The molecule has 0 aromatic rings. The Morgan fingerprint density at radius 1 is 1.20 bits per heavy atom. The highest BCUT2D eigenvalue weighted by Crippen LogP contribution is 2.16. The number of halogens is 1. The number of hydrogen-bond donors (Lipinski definition) is 1. The molecular formula is C7H14ClNO. The quantitative estimate of drug-likeness (QED) is 0.614. The Hall–Kier alpha value is -0.240. The molecular weight excluding hydrogens is 150 g/mol. The van der Waals surface area contributed by atoms with Gasteiger partial charge in [0.25, 0.3) is 0 Å². The molecule has 0 aromatic carbocycles. The van der Waals surface area contributed by atoms with Gasteiger partial charge in [0.2, 0.25) is 6.41 Å². The van der Waals surface area contributed by atoms with E-state index in [9.17, 15) is 4.79 Å². The molecule has 10 heavy (non-hydrogen) atoms. The lowest BCUT2D eigenvalue weighted by Gasteiger charge is -2.19. The Bertz CT molecular complexity index is 91.6. The van der Waals surface area contributed by atoms with Crippen molar-refractivity contribution in [2.75, 3.05) is 0 Å². The van der Waals surface area contributed by atoms with Crippen LogP contribution in [0.5, 0.6) is 0 Å². The summed E-state index contributed by atoms with van der Waals surface area (Å²) in [6, 6.07) is 0.483. The number of amides is 1. The second kappa shape index (κ2) is 5.54. The highest BCUT2D eigenvalue weighted by molar-refractivity contribution is 5.85. The molecule has 1 saturated carbocycles. The van der Waals surface area contributed by atoms with Crippen LogP contribution in [-0.2, 0) is 4.79 Å². The molecule has 0 atom stereocenters.